The number of nitrogens with one attached hydrogen (secondary N) is 2. The van der Waals surface area contributed by atoms with Crippen LogP contribution in [0.4, 0.5) is 11.4 Å². The zero-order chi connectivity index (χ0) is 21.1. The van der Waals surface area contributed by atoms with Gasteiger partial charge in [-0.2, -0.15) is 0 Å². The first-order chi connectivity index (χ1) is 13.7. The fourth-order valence-electron chi connectivity index (χ4n) is 3.75. The maximum atomic E-state index is 12.6. The zero-order valence-corrected chi connectivity index (χ0v) is 18.5. The molecule has 0 spiro atoms. The third-order valence-corrected chi connectivity index (χ3v) is 8.04. The molecule has 1 aliphatic carbocycles. The number of rotatable bonds is 5. The number of amides is 1. The lowest BCUT2D eigenvalue weighted by Gasteiger charge is -2.30. The average molecular weight is 420 g/mol. The topological polar surface area (TPSA) is 78.5 Å². The fourth-order valence-corrected chi connectivity index (χ4v) is 4.77. The Morgan fingerprint density at radius 1 is 1.03 bits per heavy atom. The van der Waals surface area contributed by atoms with E-state index in [-0.39, 0.29) is 17.9 Å². The number of carbonyl (C=O) groups is 1. The minimum Gasteiger partial charge on any atom is -0.367 e. The molecule has 1 amide bonds. The fraction of sp³-hybridized carbons (Fsp3) is 0.591. The van der Waals surface area contributed by atoms with E-state index in [1.54, 1.807) is 20.8 Å². The summed E-state index contributed by atoms with van der Waals surface area (Å²) in [7, 11) is -3.36. The smallest absolute Gasteiger partial charge is 0.227 e. The SMILES string of the molecule is CC(C)(C)S(=O)(=O)N[C@H]1CC[C@H](C(=O)Nc2ccc(N3CC=CCC3)cc2)CC1. The van der Waals surface area contributed by atoms with E-state index >= 15 is 0 Å². The number of hydrogen-bond donors (Lipinski definition) is 2. The molecule has 0 unspecified atom stereocenters. The van der Waals surface area contributed by atoms with E-state index in [2.05, 4.69) is 27.1 Å². The predicted octanol–water partition coefficient (Wildman–Crippen LogP) is 3.67. The zero-order valence-electron chi connectivity index (χ0n) is 17.6. The molecule has 0 atom stereocenters. The summed E-state index contributed by atoms with van der Waals surface area (Å²) in [5.74, 6) is -0.0481. The molecular weight excluding hydrogens is 386 g/mol. The minimum absolute atomic E-state index is 0.0239. The summed E-state index contributed by atoms with van der Waals surface area (Å²) in [6, 6.07) is 7.92. The van der Waals surface area contributed by atoms with Crippen LogP contribution in [0.1, 0.15) is 52.9 Å². The van der Waals surface area contributed by atoms with Crippen LogP contribution in [0.15, 0.2) is 36.4 Å². The highest BCUT2D eigenvalue weighted by Gasteiger charge is 2.34. The lowest BCUT2D eigenvalue weighted by atomic mass is 9.86. The average Bonchev–Trinajstić information content (AvgIpc) is 2.68. The van der Waals surface area contributed by atoms with Crippen LogP contribution in [0.5, 0.6) is 0 Å². The van der Waals surface area contributed by atoms with Gasteiger partial charge >= 0.3 is 0 Å². The van der Waals surface area contributed by atoms with Gasteiger partial charge in [0.05, 0.1) is 4.75 Å². The van der Waals surface area contributed by atoms with Crippen molar-refractivity contribution in [1.82, 2.24) is 4.72 Å². The van der Waals surface area contributed by atoms with Gasteiger partial charge in [0.25, 0.3) is 0 Å². The van der Waals surface area contributed by atoms with E-state index in [0.29, 0.717) is 25.7 Å². The molecule has 7 heteroatoms. The Morgan fingerprint density at radius 2 is 1.69 bits per heavy atom. The van der Waals surface area contributed by atoms with Crippen LogP contribution in [0.25, 0.3) is 0 Å². The normalized spacial score (nSPS) is 23.1. The highest BCUT2D eigenvalue weighted by Crippen LogP contribution is 2.28. The summed E-state index contributed by atoms with van der Waals surface area (Å²) in [6.45, 7) is 7.03. The standard InChI is InChI=1S/C22H33N3O3S/c1-22(2,3)29(27,28)24-19-9-7-17(8-10-19)21(26)23-18-11-13-20(14-12-18)25-15-5-4-6-16-25/h4-5,11-14,17,19,24H,6-10,15-16H2,1-3H3,(H,23,26)/t17-,19-. The van der Waals surface area contributed by atoms with Crippen molar-refractivity contribution in [1.29, 1.82) is 0 Å². The minimum atomic E-state index is -3.36. The maximum Gasteiger partial charge on any atom is 0.227 e. The van der Waals surface area contributed by atoms with Crippen LogP contribution in [0.2, 0.25) is 0 Å². The lowest BCUT2D eigenvalue weighted by Crippen LogP contribution is -2.46. The number of hydrogen-bond acceptors (Lipinski definition) is 4. The molecule has 0 aromatic heterocycles. The Bertz CT molecular complexity index is 833. The van der Waals surface area contributed by atoms with E-state index < -0.39 is 14.8 Å². The molecule has 1 heterocycles. The van der Waals surface area contributed by atoms with Gasteiger partial charge in [-0.25, -0.2) is 13.1 Å². The summed E-state index contributed by atoms with van der Waals surface area (Å²) in [6.07, 6.45) is 8.21. The van der Waals surface area contributed by atoms with Crippen molar-refractivity contribution in [3.05, 3.63) is 36.4 Å². The molecule has 0 radical (unpaired) electrons. The summed E-state index contributed by atoms with van der Waals surface area (Å²) in [5, 5.41) is 3.02. The van der Waals surface area contributed by atoms with Crippen LogP contribution in [-0.4, -0.2) is 38.2 Å². The molecule has 1 saturated carbocycles. The van der Waals surface area contributed by atoms with Crippen molar-refractivity contribution >= 4 is 27.3 Å². The molecule has 2 N–H and O–H groups in total. The summed E-state index contributed by atoms with van der Waals surface area (Å²) >= 11 is 0. The largest absolute Gasteiger partial charge is 0.367 e. The quantitative estimate of drug-likeness (QED) is 0.714. The van der Waals surface area contributed by atoms with Crippen molar-refractivity contribution < 1.29 is 13.2 Å². The lowest BCUT2D eigenvalue weighted by molar-refractivity contribution is -0.120. The second-order valence-corrected chi connectivity index (χ2v) is 11.5. The van der Waals surface area contributed by atoms with Crippen molar-refractivity contribution in [3.8, 4) is 0 Å². The predicted molar refractivity (Wildman–Crippen MR) is 119 cm³/mol. The third kappa shape index (κ3) is 5.60. The third-order valence-electron chi connectivity index (χ3n) is 5.78. The van der Waals surface area contributed by atoms with E-state index in [0.717, 1.165) is 25.2 Å². The van der Waals surface area contributed by atoms with E-state index in [1.807, 2.05) is 24.3 Å². The van der Waals surface area contributed by atoms with Crippen LogP contribution in [-0.2, 0) is 14.8 Å². The molecule has 6 nitrogen and oxygen atoms in total. The Hall–Kier alpha value is -1.86. The van der Waals surface area contributed by atoms with Gasteiger partial charge in [-0.05, 0) is 77.1 Å². The van der Waals surface area contributed by atoms with E-state index in [4.69, 9.17) is 0 Å². The molecule has 29 heavy (non-hydrogen) atoms. The second-order valence-electron chi connectivity index (χ2n) is 9.02. The summed E-state index contributed by atoms with van der Waals surface area (Å²) in [5.41, 5.74) is 1.97. The second kappa shape index (κ2) is 8.88. The number of nitrogens with zero attached hydrogens (tertiary/aromatic N) is 1. The van der Waals surface area contributed by atoms with Crippen molar-refractivity contribution in [3.63, 3.8) is 0 Å². The van der Waals surface area contributed by atoms with Crippen LogP contribution >= 0.6 is 0 Å². The monoisotopic (exact) mass is 419 g/mol. The van der Waals surface area contributed by atoms with Crippen molar-refractivity contribution in [2.45, 2.75) is 63.7 Å². The number of sulfonamides is 1. The van der Waals surface area contributed by atoms with E-state index in [9.17, 15) is 13.2 Å². The first-order valence-corrected chi connectivity index (χ1v) is 12.0. The first kappa shape index (κ1) is 21.8. The molecule has 1 fully saturated rings. The molecule has 0 saturated heterocycles. The van der Waals surface area contributed by atoms with Gasteiger partial charge in [0.15, 0.2) is 0 Å². The maximum absolute atomic E-state index is 12.6. The highest BCUT2D eigenvalue weighted by atomic mass is 32.2. The molecule has 0 bridgehead atoms. The molecule has 2 aliphatic rings. The number of anilines is 2. The van der Waals surface area contributed by atoms with Crippen molar-refractivity contribution in [2.24, 2.45) is 5.92 Å². The molecule has 3 rings (SSSR count). The Kier molecular flexibility index (Phi) is 6.69. The van der Waals surface area contributed by atoms with Gasteiger partial charge in [0.1, 0.15) is 0 Å². The van der Waals surface area contributed by atoms with Crippen LogP contribution in [0.3, 0.4) is 0 Å². The summed E-state index contributed by atoms with van der Waals surface area (Å²) < 4.78 is 26.6. The van der Waals surface area contributed by atoms with Gasteiger partial charge < -0.3 is 10.2 Å². The number of benzene rings is 1. The van der Waals surface area contributed by atoms with Gasteiger partial charge in [-0.1, -0.05) is 12.2 Å². The van der Waals surface area contributed by atoms with Crippen LogP contribution < -0.4 is 14.9 Å². The van der Waals surface area contributed by atoms with Gasteiger partial charge in [0.2, 0.25) is 15.9 Å². The molecule has 1 aromatic carbocycles. The molecule has 1 aliphatic heterocycles. The molecular formula is C22H33N3O3S. The van der Waals surface area contributed by atoms with E-state index in [1.165, 1.54) is 5.69 Å². The van der Waals surface area contributed by atoms with Gasteiger partial charge in [-0.3, -0.25) is 4.79 Å². The molecule has 1 aromatic rings. The Labute approximate surface area is 174 Å². The van der Waals surface area contributed by atoms with Gasteiger partial charge in [-0.15, -0.1) is 0 Å². The Morgan fingerprint density at radius 3 is 2.24 bits per heavy atom. The summed E-state index contributed by atoms with van der Waals surface area (Å²) in [4.78, 5) is 14.9. The highest BCUT2D eigenvalue weighted by molar-refractivity contribution is 7.90. The Balaban J connectivity index is 1.49. The molecule has 160 valence electrons. The first-order valence-electron chi connectivity index (χ1n) is 10.5. The van der Waals surface area contributed by atoms with Crippen molar-refractivity contribution in [2.75, 3.05) is 23.3 Å². The number of carbonyl (C=O) groups excluding carboxylic acids is 1. The van der Waals surface area contributed by atoms with Crippen LogP contribution in [0, 0.1) is 5.92 Å². The van der Waals surface area contributed by atoms with Gasteiger partial charge in [0, 0.05) is 36.4 Å².